The van der Waals surface area contributed by atoms with Crippen molar-refractivity contribution < 1.29 is 9.59 Å². The number of allylic oxidation sites excluding steroid dienone is 3. The molecule has 0 N–H and O–H groups in total. The Labute approximate surface area is 125 Å². The second-order valence-electron chi connectivity index (χ2n) is 5.51. The Morgan fingerprint density at radius 2 is 1.62 bits per heavy atom. The van der Waals surface area contributed by atoms with E-state index in [2.05, 4.69) is 0 Å². The molecule has 0 radical (unpaired) electrons. The number of hydrogen-bond acceptors (Lipinski definition) is 4. The van der Waals surface area contributed by atoms with E-state index >= 15 is 0 Å². The van der Waals surface area contributed by atoms with Crippen molar-refractivity contribution in [3.63, 3.8) is 0 Å². The molecule has 110 valence electrons. The average molecular weight is 284 g/mol. The topological polar surface area (TPSA) is 40.6 Å². The number of anilines is 1. The molecule has 0 aromatic heterocycles. The minimum Gasteiger partial charge on any atom is -0.378 e. The molecule has 0 aliphatic heterocycles. The summed E-state index contributed by atoms with van der Waals surface area (Å²) in [5.41, 5.74) is 2.39. The largest absolute Gasteiger partial charge is 0.378 e. The van der Waals surface area contributed by atoms with Gasteiger partial charge in [0, 0.05) is 51.2 Å². The van der Waals surface area contributed by atoms with Crippen LogP contribution in [0.2, 0.25) is 0 Å². The number of hydrogen-bond donors (Lipinski definition) is 0. The molecule has 1 unspecified atom stereocenters. The fourth-order valence-corrected chi connectivity index (χ4v) is 2.17. The van der Waals surface area contributed by atoms with Crippen LogP contribution in [0.4, 0.5) is 5.69 Å². The molecule has 4 heteroatoms. The number of Topliss-reactive ketones (excluding diaryl/α,β-unsaturated/α-hetero) is 1. The van der Waals surface area contributed by atoms with E-state index in [9.17, 15) is 9.59 Å². The van der Waals surface area contributed by atoms with E-state index < -0.39 is 5.92 Å². The van der Waals surface area contributed by atoms with Gasteiger partial charge >= 0.3 is 0 Å². The number of benzene rings is 1. The molecule has 1 aromatic carbocycles. The lowest BCUT2D eigenvalue weighted by Gasteiger charge is -2.19. The number of carbonyl (C=O) groups is 2. The number of nitrogens with zero attached hydrogens (tertiary/aromatic N) is 2. The standard InChI is InChI=1S/C17H20N2O2/c1-18(2)13-7-5-12(6-8-13)17(21)15-10-9-14(19(3)4)11-16(15)20/h5-11,15H,1-4H3. The molecular weight excluding hydrogens is 264 g/mol. The number of carbonyl (C=O) groups excluding carboxylic acids is 2. The molecule has 0 amide bonds. The van der Waals surface area contributed by atoms with Gasteiger partial charge < -0.3 is 9.80 Å². The summed E-state index contributed by atoms with van der Waals surface area (Å²) in [4.78, 5) is 28.4. The Balaban J connectivity index is 2.18. The number of likely N-dealkylation sites (N-methyl/N-ethyl adjacent to an activating group) is 1. The fourth-order valence-electron chi connectivity index (χ4n) is 2.17. The van der Waals surface area contributed by atoms with Crippen molar-refractivity contribution in [2.45, 2.75) is 0 Å². The van der Waals surface area contributed by atoms with Gasteiger partial charge in [-0.1, -0.05) is 6.08 Å². The third-order valence-corrected chi connectivity index (χ3v) is 3.52. The van der Waals surface area contributed by atoms with Gasteiger partial charge in [0.05, 0.1) is 0 Å². The zero-order chi connectivity index (χ0) is 15.6. The zero-order valence-corrected chi connectivity index (χ0v) is 12.8. The summed E-state index contributed by atoms with van der Waals surface area (Å²) in [6.45, 7) is 0. The zero-order valence-electron chi connectivity index (χ0n) is 12.8. The molecule has 1 aliphatic rings. The summed E-state index contributed by atoms with van der Waals surface area (Å²) in [5.74, 6) is -1.03. The van der Waals surface area contributed by atoms with Crippen molar-refractivity contribution in [1.29, 1.82) is 0 Å². The summed E-state index contributed by atoms with van der Waals surface area (Å²) < 4.78 is 0. The van der Waals surface area contributed by atoms with Gasteiger partial charge in [-0.05, 0) is 30.3 Å². The van der Waals surface area contributed by atoms with Gasteiger partial charge in [-0.2, -0.15) is 0 Å². The van der Waals surface area contributed by atoms with Crippen LogP contribution in [0.3, 0.4) is 0 Å². The third-order valence-electron chi connectivity index (χ3n) is 3.52. The van der Waals surface area contributed by atoms with Crippen LogP contribution in [0.5, 0.6) is 0 Å². The van der Waals surface area contributed by atoms with Crippen LogP contribution in [0.25, 0.3) is 0 Å². The quantitative estimate of drug-likeness (QED) is 0.627. The van der Waals surface area contributed by atoms with Crippen LogP contribution in [0, 0.1) is 5.92 Å². The van der Waals surface area contributed by atoms with E-state index in [1.54, 1.807) is 18.2 Å². The average Bonchev–Trinajstić information content (AvgIpc) is 2.46. The lowest BCUT2D eigenvalue weighted by molar-refractivity contribution is -0.116. The molecule has 0 saturated heterocycles. The van der Waals surface area contributed by atoms with Crippen LogP contribution in [0.1, 0.15) is 10.4 Å². The highest BCUT2D eigenvalue weighted by atomic mass is 16.1. The Morgan fingerprint density at radius 3 is 2.10 bits per heavy atom. The predicted octanol–water partition coefficient (Wildman–Crippen LogP) is 2.14. The molecule has 0 spiro atoms. The molecule has 4 nitrogen and oxygen atoms in total. The molecule has 0 bridgehead atoms. The molecule has 1 aliphatic carbocycles. The van der Waals surface area contributed by atoms with E-state index in [0.717, 1.165) is 11.4 Å². The Bertz CT molecular complexity index is 610. The van der Waals surface area contributed by atoms with Crippen molar-refractivity contribution in [1.82, 2.24) is 4.90 Å². The van der Waals surface area contributed by atoms with Gasteiger partial charge in [0.25, 0.3) is 0 Å². The van der Waals surface area contributed by atoms with Crippen molar-refractivity contribution >= 4 is 17.3 Å². The van der Waals surface area contributed by atoms with Crippen molar-refractivity contribution in [2.24, 2.45) is 5.92 Å². The van der Waals surface area contributed by atoms with Crippen molar-refractivity contribution in [2.75, 3.05) is 33.1 Å². The first-order valence-corrected chi connectivity index (χ1v) is 6.83. The molecule has 0 heterocycles. The van der Waals surface area contributed by atoms with Crippen LogP contribution >= 0.6 is 0 Å². The minimum absolute atomic E-state index is 0.157. The first kappa shape index (κ1) is 15.0. The van der Waals surface area contributed by atoms with Gasteiger partial charge in [-0.15, -0.1) is 0 Å². The molecule has 1 atom stereocenters. The molecule has 21 heavy (non-hydrogen) atoms. The van der Waals surface area contributed by atoms with E-state index in [4.69, 9.17) is 0 Å². The van der Waals surface area contributed by atoms with Crippen LogP contribution in [-0.4, -0.2) is 44.7 Å². The maximum Gasteiger partial charge on any atom is 0.177 e. The Hall–Kier alpha value is -2.36. The second kappa shape index (κ2) is 5.95. The second-order valence-corrected chi connectivity index (χ2v) is 5.51. The summed E-state index contributed by atoms with van der Waals surface area (Å²) in [6, 6.07) is 7.30. The van der Waals surface area contributed by atoms with Crippen LogP contribution in [0.15, 0.2) is 48.2 Å². The van der Waals surface area contributed by atoms with Gasteiger partial charge in [0.15, 0.2) is 11.6 Å². The molecule has 2 rings (SSSR count). The lowest BCUT2D eigenvalue weighted by Crippen LogP contribution is -2.25. The maximum atomic E-state index is 12.4. The first-order valence-electron chi connectivity index (χ1n) is 6.83. The lowest BCUT2D eigenvalue weighted by atomic mass is 9.89. The maximum absolute atomic E-state index is 12.4. The highest BCUT2D eigenvalue weighted by Crippen LogP contribution is 2.21. The smallest absolute Gasteiger partial charge is 0.177 e. The molecule has 0 saturated carbocycles. The predicted molar refractivity (Wildman–Crippen MR) is 84.5 cm³/mol. The molecular formula is C17H20N2O2. The Morgan fingerprint density at radius 1 is 1.00 bits per heavy atom. The monoisotopic (exact) mass is 284 g/mol. The van der Waals surface area contributed by atoms with Gasteiger partial charge in [0.1, 0.15) is 5.92 Å². The summed E-state index contributed by atoms with van der Waals surface area (Å²) in [7, 11) is 7.62. The van der Waals surface area contributed by atoms with Crippen molar-refractivity contribution in [3.8, 4) is 0 Å². The first-order chi connectivity index (χ1) is 9.90. The number of rotatable bonds is 4. The molecule has 0 fully saturated rings. The van der Waals surface area contributed by atoms with Gasteiger partial charge in [-0.25, -0.2) is 0 Å². The van der Waals surface area contributed by atoms with E-state index in [-0.39, 0.29) is 11.6 Å². The fraction of sp³-hybridized carbons (Fsp3) is 0.294. The van der Waals surface area contributed by atoms with Crippen molar-refractivity contribution in [3.05, 3.63) is 53.8 Å². The van der Waals surface area contributed by atoms with E-state index in [1.807, 2.05) is 56.2 Å². The summed E-state index contributed by atoms with van der Waals surface area (Å²) in [6.07, 6.45) is 5.02. The number of ketones is 2. The van der Waals surface area contributed by atoms with Gasteiger partial charge in [-0.3, -0.25) is 9.59 Å². The van der Waals surface area contributed by atoms with E-state index in [1.165, 1.54) is 6.08 Å². The highest BCUT2D eigenvalue weighted by Gasteiger charge is 2.26. The van der Waals surface area contributed by atoms with Crippen LogP contribution in [-0.2, 0) is 4.79 Å². The van der Waals surface area contributed by atoms with Crippen LogP contribution < -0.4 is 4.90 Å². The van der Waals surface area contributed by atoms with E-state index in [0.29, 0.717) is 5.56 Å². The SMILES string of the molecule is CN(C)C1=CC(=O)C(C(=O)c2ccc(N(C)C)cc2)C=C1. The van der Waals surface area contributed by atoms with Gasteiger partial charge in [0.2, 0.25) is 0 Å². The summed E-state index contributed by atoms with van der Waals surface area (Å²) >= 11 is 0. The normalized spacial score (nSPS) is 17.4. The summed E-state index contributed by atoms with van der Waals surface area (Å²) in [5, 5.41) is 0. The third kappa shape index (κ3) is 3.21. The molecule has 1 aromatic rings. The highest BCUT2D eigenvalue weighted by molar-refractivity contribution is 6.16. The minimum atomic E-state index is -0.709. The Kier molecular flexibility index (Phi) is 4.26.